The van der Waals surface area contributed by atoms with Gasteiger partial charge in [-0.05, 0) is 31.4 Å². The van der Waals surface area contributed by atoms with Crippen LogP contribution < -0.4 is 10.5 Å². The molecule has 0 saturated heterocycles. The number of nitrogens with two attached hydrogens (primary N) is 1. The number of primary sulfonamides is 1. The summed E-state index contributed by atoms with van der Waals surface area (Å²) in [5.41, 5.74) is 0.0747. The molecule has 0 saturated carbocycles. The van der Waals surface area contributed by atoms with Crippen LogP contribution in [0.25, 0.3) is 0 Å². The van der Waals surface area contributed by atoms with E-state index in [4.69, 9.17) is 16.7 Å². The normalized spacial score (nSPS) is 13.3. The first-order valence-corrected chi connectivity index (χ1v) is 9.06. The Labute approximate surface area is 138 Å². The molecule has 1 amide bonds. The Morgan fingerprint density at radius 1 is 1.38 bits per heavy atom. The van der Waals surface area contributed by atoms with Crippen molar-refractivity contribution in [2.75, 3.05) is 0 Å². The molecule has 0 radical (unpaired) electrons. The zero-order valence-electron chi connectivity index (χ0n) is 12.0. The molecule has 0 fully saturated rings. The molecular weight excluding hydrogens is 380 g/mol. The fourth-order valence-electron chi connectivity index (χ4n) is 2.00. The number of carbonyl (C=O) groups is 1. The van der Waals surface area contributed by atoms with Crippen LogP contribution >= 0.6 is 27.5 Å². The largest absolute Gasteiger partial charge is 0.350 e. The van der Waals surface area contributed by atoms with Crippen LogP contribution in [0, 0.1) is 5.92 Å². The van der Waals surface area contributed by atoms with Crippen LogP contribution in [-0.4, -0.2) is 20.4 Å². The van der Waals surface area contributed by atoms with Gasteiger partial charge in [0.2, 0.25) is 10.0 Å². The summed E-state index contributed by atoms with van der Waals surface area (Å²) in [5, 5.41) is 7.72. The molecule has 5 nitrogen and oxygen atoms in total. The fourth-order valence-corrected chi connectivity index (χ4v) is 3.78. The van der Waals surface area contributed by atoms with Crippen LogP contribution in [-0.2, 0) is 10.0 Å². The van der Waals surface area contributed by atoms with Gasteiger partial charge in [0, 0.05) is 10.5 Å². The molecule has 1 atom stereocenters. The number of carbonyl (C=O) groups excluding carboxylic acids is 1. The van der Waals surface area contributed by atoms with Crippen LogP contribution in [0.2, 0.25) is 5.02 Å². The number of sulfonamides is 1. The summed E-state index contributed by atoms with van der Waals surface area (Å²) >= 11 is 9.16. The van der Waals surface area contributed by atoms with Crippen molar-refractivity contribution in [2.45, 2.75) is 38.1 Å². The SMILES string of the molecule is CC(C)CC(C)NC(=O)c1cc(Br)cc(S(N)(=O)=O)c1Cl. The van der Waals surface area contributed by atoms with Crippen LogP contribution in [0.1, 0.15) is 37.6 Å². The number of hydrogen-bond donors (Lipinski definition) is 2. The molecule has 3 N–H and O–H groups in total. The average Bonchev–Trinajstić information content (AvgIpc) is 2.28. The fraction of sp³-hybridized carbons (Fsp3) is 0.462. The zero-order chi connectivity index (χ0) is 16.4. The molecule has 0 heterocycles. The van der Waals surface area contributed by atoms with Crippen molar-refractivity contribution in [3.8, 4) is 0 Å². The van der Waals surface area contributed by atoms with Gasteiger partial charge in [0.1, 0.15) is 4.90 Å². The predicted molar refractivity (Wildman–Crippen MR) is 86.9 cm³/mol. The van der Waals surface area contributed by atoms with Gasteiger partial charge >= 0.3 is 0 Å². The van der Waals surface area contributed by atoms with Crippen molar-refractivity contribution >= 4 is 43.5 Å². The van der Waals surface area contributed by atoms with Crippen molar-refractivity contribution < 1.29 is 13.2 Å². The maximum absolute atomic E-state index is 12.2. The van der Waals surface area contributed by atoms with E-state index in [1.54, 1.807) is 0 Å². The molecule has 0 aliphatic heterocycles. The van der Waals surface area contributed by atoms with Gasteiger partial charge in [-0.15, -0.1) is 0 Å². The van der Waals surface area contributed by atoms with E-state index in [2.05, 4.69) is 21.2 Å². The van der Waals surface area contributed by atoms with Crippen LogP contribution in [0.5, 0.6) is 0 Å². The third-order valence-corrected chi connectivity index (χ3v) is 4.67. The molecule has 0 aliphatic rings. The highest BCUT2D eigenvalue weighted by atomic mass is 79.9. The Hall–Kier alpha value is -0.630. The summed E-state index contributed by atoms with van der Waals surface area (Å²) in [6.45, 7) is 5.98. The van der Waals surface area contributed by atoms with Crippen LogP contribution in [0.4, 0.5) is 0 Å². The first kappa shape index (κ1) is 18.4. The van der Waals surface area contributed by atoms with E-state index < -0.39 is 15.9 Å². The van der Waals surface area contributed by atoms with Crippen molar-refractivity contribution in [1.82, 2.24) is 5.32 Å². The van der Waals surface area contributed by atoms with Gasteiger partial charge < -0.3 is 5.32 Å². The first-order valence-electron chi connectivity index (χ1n) is 6.35. The van der Waals surface area contributed by atoms with Gasteiger partial charge in [-0.3, -0.25) is 4.79 Å². The molecule has 1 unspecified atom stereocenters. The van der Waals surface area contributed by atoms with Gasteiger partial charge in [0.05, 0.1) is 10.6 Å². The van der Waals surface area contributed by atoms with Gasteiger partial charge in [-0.2, -0.15) is 0 Å². The summed E-state index contributed by atoms with van der Waals surface area (Å²) < 4.78 is 23.4. The highest BCUT2D eigenvalue weighted by molar-refractivity contribution is 9.10. The van der Waals surface area contributed by atoms with Crippen LogP contribution in [0.15, 0.2) is 21.5 Å². The smallest absolute Gasteiger partial charge is 0.253 e. The highest BCUT2D eigenvalue weighted by Crippen LogP contribution is 2.29. The molecule has 21 heavy (non-hydrogen) atoms. The third kappa shape index (κ3) is 5.25. The Bertz CT molecular complexity index is 647. The lowest BCUT2D eigenvalue weighted by atomic mass is 10.0. The Morgan fingerprint density at radius 3 is 2.43 bits per heavy atom. The maximum Gasteiger partial charge on any atom is 0.253 e. The lowest BCUT2D eigenvalue weighted by molar-refractivity contribution is 0.0936. The topological polar surface area (TPSA) is 89.3 Å². The van der Waals surface area contributed by atoms with Crippen molar-refractivity contribution in [3.05, 3.63) is 27.2 Å². The maximum atomic E-state index is 12.2. The van der Waals surface area contributed by atoms with Gasteiger partial charge in [-0.25, -0.2) is 13.6 Å². The van der Waals surface area contributed by atoms with Gasteiger partial charge in [0.25, 0.3) is 5.91 Å². The summed E-state index contributed by atoms with van der Waals surface area (Å²) in [6.07, 6.45) is 0.805. The average molecular weight is 398 g/mol. The third-order valence-electron chi connectivity index (χ3n) is 2.76. The number of benzene rings is 1. The van der Waals surface area contributed by atoms with Gasteiger partial charge in [-0.1, -0.05) is 41.4 Å². The minimum Gasteiger partial charge on any atom is -0.350 e. The molecule has 118 valence electrons. The zero-order valence-corrected chi connectivity index (χ0v) is 15.1. The number of amides is 1. The molecule has 1 aromatic rings. The minimum absolute atomic E-state index is 0.0505. The summed E-state index contributed by atoms with van der Waals surface area (Å²) in [5.74, 6) is -0.00221. The predicted octanol–water partition coefficient (Wildman–Crippen LogP) is 2.91. The Balaban J connectivity index is 3.14. The standard InChI is InChI=1S/C13H18BrClN2O3S/c1-7(2)4-8(3)17-13(18)10-5-9(14)6-11(12(10)15)21(16,19)20/h5-8H,4H2,1-3H3,(H,17,18)(H2,16,19,20). The quantitative estimate of drug-likeness (QED) is 0.800. The van der Waals surface area contributed by atoms with E-state index in [1.807, 2.05) is 20.8 Å². The molecule has 8 heteroatoms. The second-order valence-corrected chi connectivity index (χ2v) is 8.14. The van der Waals surface area contributed by atoms with E-state index in [1.165, 1.54) is 12.1 Å². The van der Waals surface area contributed by atoms with Crippen molar-refractivity contribution in [1.29, 1.82) is 0 Å². The lowest BCUT2D eigenvalue weighted by Gasteiger charge is -2.17. The number of rotatable bonds is 5. The molecule has 1 rings (SSSR count). The van der Waals surface area contributed by atoms with Crippen molar-refractivity contribution in [2.24, 2.45) is 11.1 Å². The molecule has 0 aliphatic carbocycles. The van der Waals surface area contributed by atoms with Crippen LogP contribution in [0.3, 0.4) is 0 Å². The Kier molecular flexibility index (Phi) is 6.22. The van der Waals surface area contributed by atoms with E-state index in [9.17, 15) is 13.2 Å². The van der Waals surface area contributed by atoms with Crippen molar-refractivity contribution in [3.63, 3.8) is 0 Å². The second kappa shape index (κ2) is 7.09. The Morgan fingerprint density at radius 2 is 1.95 bits per heavy atom. The van der Waals surface area contributed by atoms with E-state index in [0.29, 0.717) is 10.4 Å². The number of hydrogen-bond acceptors (Lipinski definition) is 3. The second-order valence-electron chi connectivity index (χ2n) is 5.31. The van der Waals surface area contributed by atoms with Gasteiger partial charge in [0.15, 0.2) is 0 Å². The number of halogens is 2. The highest BCUT2D eigenvalue weighted by Gasteiger charge is 2.22. The summed E-state index contributed by atoms with van der Waals surface area (Å²) in [6, 6.07) is 2.69. The summed E-state index contributed by atoms with van der Waals surface area (Å²) in [7, 11) is -4.00. The molecule has 1 aromatic carbocycles. The molecular formula is C13H18BrClN2O3S. The first-order chi connectivity index (χ1) is 9.52. The minimum atomic E-state index is -4.00. The van der Waals surface area contributed by atoms with E-state index in [-0.39, 0.29) is 21.5 Å². The van der Waals surface area contributed by atoms with E-state index in [0.717, 1.165) is 6.42 Å². The van der Waals surface area contributed by atoms with E-state index >= 15 is 0 Å². The molecule has 0 spiro atoms. The summed E-state index contributed by atoms with van der Waals surface area (Å²) in [4.78, 5) is 12.0. The molecule has 0 bridgehead atoms. The lowest BCUT2D eigenvalue weighted by Crippen LogP contribution is -2.34. The number of nitrogens with one attached hydrogen (secondary N) is 1. The molecule has 0 aromatic heterocycles. The monoisotopic (exact) mass is 396 g/mol.